The van der Waals surface area contributed by atoms with Crippen LogP contribution in [0.2, 0.25) is 0 Å². The number of morpholine rings is 1. The molecule has 3 rings (SSSR count). The maximum atomic E-state index is 12.5. The molecule has 3 heterocycles. The zero-order valence-corrected chi connectivity index (χ0v) is 18.3. The Hall–Kier alpha value is -1.46. The van der Waals surface area contributed by atoms with Gasteiger partial charge in [0.1, 0.15) is 11.1 Å². The van der Waals surface area contributed by atoms with Crippen LogP contribution in [0.1, 0.15) is 42.7 Å². The molecule has 6 nitrogen and oxygen atoms in total. The molecule has 0 aromatic carbocycles. The van der Waals surface area contributed by atoms with Crippen LogP contribution in [0.5, 0.6) is 0 Å². The summed E-state index contributed by atoms with van der Waals surface area (Å²) in [6.45, 7) is 13.7. The minimum Gasteiger partial charge on any atom is -0.373 e. The number of piperidine rings is 1. The normalized spacial score (nSPS) is 24.8. The summed E-state index contributed by atoms with van der Waals surface area (Å²) in [5.74, 6) is 0.677. The molecule has 2 fully saturated rings. The molecule has 1 aromatic heterocycles. The molecule has 0 unspecified atom stereocenters. The SMILES string of the molecule is Cc1sc(NC(=O)CN2CCC(CN3C[C@@H](C)O[C@H](C)C3)CC2)c(C#N)c1C. The van der Waals surface area contributed by atoms with Gasteiger partial charge in [0.15, 0.2) is 0 Å². The maximum absolute atomic E-state index is 12.5. The molecule has 0 saturated carbocycles. The van der Waals surface area contributed by atoms with E-state index in [1.54, 1.807) is 0 Å². The number of carbonyl (C=O) groups excluding carboxylic acids is 1. The average molecular weight is 405 g/mol. The van der Waals surface area contributed by atoms with E-state index in [1.165, 1.54) is 11.3 Å². The van der Waals surface area contributed by atoms with E-state index < -0.39 is 0 Å². The lowest BCUT2D eigenvalue weighted by Gasteiger charge is -2.39. The lowest BCUT2D eigenvalue weighted by Crippen LogP contribution is -2.48. The summed E-state index contributed by atoms with van der Waals surface area (Å²) in [5, 5.41) is 13.0. The third-order valence-electron chi connectivity index (χ3n) is 5.84. The van der Waals surface area contributed by atoms with Crippen molar-refractivity contribution in [2.45, 2.75) is 52.7 Å². The van der Waals surface area contributed by atoms with Gasteiger partial charge >= 0.3 is 0 Å². The molecule has 154 valence electrons. The quantitative estimate of drug-likeness (QED) is 0.817. The van der Waals surface area contributed by atoms with Crippen molar-refractivity contribution >= 4 is 22.2 Å². The van der Waals surface area contributed by atoms with Gasteiger partial charge in [-0.25, -0.2) is 0 Å². The standard InChI is InChI=1S/C21H32N4O2S/c1-14-10-25(11-15(2)27-14)12-18-5-7-24(8-6-18)13-20(26)23-21-19(9-22)16(3)17(4)28-21/h14-15,18H,5-8,10-13H2,1-4H3,(H,23,26)/t14-,15-/m1/s1. The molecular formula is C21H32N4O2S. The monoisotopic (exact) mass is 404 g/mol. The summed E-state index contributed by atoms with van der Waals surface area (Å²) in [6.07, 6.45) is 2.90. The van der Waals surface area contributed by atoms with Gasteiger partial charge in [0.05, 0.1) is 24.3 Å². The lowest BCUT2D eigenvalue weighted by molar-refractivity contribution is -0.117. The predicted molar refractivity (Wildman–Crippen MR) is 113 cm³/mol. The van der Waals surface area contributed by atoms with Gasteiger partial charge in [-0.3, -0.25) is 14.6 Å². The number of hydrogen-bond acceptors (Lipinski definition) is 6. The first-order valence-electron chi connectivity index (χ1n) is 10.3. The topological polar surface area (TPSA) is 68.6 Å². The van der Waals surface area contributed by atoms with Crippen LogP contribution in [-0.2, 0) is 9.53 Å². The number of rotatable bonds is 5. The van der Waals surface area contributed by atoms with Crippen LogP contribution in [-0.4, -0.2) is 67.2 Å². The van der Waals surface area contributed by atoms with Crippen LogP contribution < -0.4 is 5.32 Å². The summed E-state index contributed by atoms with van der Waals surface area (Å²) in [4.78, 5) is 18.3. The first kappa shape index (κ1) is 21.3. The van der Waals surface area contributed by atoms with Crippen molar-refractivity contribution in [2.75, 3.05) is 44.6 Å². The number of carbonyl (C=O) groups is 1. The number of ether oxygens (including phenoxy) is 1. The summed E-state index contributed by atoms with van der Waals surface area (Å²) < 4.78 is 5.83. The Bertz CT molecular complexity index is 723. The van der Waals surface area contributed by atoms with Gasteiger partial charge in [0.2, 0.25) is 5.91 Å². The summed E-state index contributed by atoms with van der Waals surface area (Å²) >= 11 is 1.49. The zero-order valence-electron chi connectivity index (χ0n) is 17.5. The summed E-state index contributed by atoms with van der Waals surface area (Å²) in [6, 6.07) is 2.21. The van der Waals surface area contributed by atoms with E-state index in [-0.39, 0.29) is 5.91 Å². The second-order valence-electron chi connectivity index (χ2n) is 8.34. The zero-order chi connectivity index (χ0) is 20.3. The Morgan fingerprint density at radius 3 is 2.46 bits per heavy atom. The Morgan fingerprint density at radius 1 is 1.21 bits per heavy atom. The molecule has 2 aliphatic rings. The molecule has 1 N–H and O–H groups in total. The van der Waals surface area contributed by atoms with Crippen molar-refractivity contribution in [1.29, 1.82) is 5.26 Å². The number of hydrogen-bond donors (Lipinski definition) is 1. The van der Waals surface area contributed by atoms with Gasteiger partial charge in [0.25, 0.3) is 0 Å². The van der Waals surface area contributed by atoms with Crippen molar-refractivity contribution < 1.29 is 9.53 Å². The molecular weight excluding hydrogens is 372 g/mol. The van der Waals surface area contributed by atoms with Crippen LogP contribution >= 0.6 is 11.3 Å². The number of nitriles is 1. The minimum atomic E-state index is -0.0213. The second-order valence-corrected chi connectivity index (χ2v) is 9.57. The molecule has 0 radical (unpaired) electrons. The second kappa shape index (κ2) is 9.36. The van der Waals surface area contributed by atoms with Crippen LogP contribution in [0.25, 0.3) is 0 Å². The highest BCUT2D eigenvalue weighted by molar-refractivity contribution is 7.16. The minimum absolute atomic E-state index is 0.0213. The van der Waals surface area contributed by atoms with Gasteiger partial charge in [-0.1, -0.05) is 0 Å². The first-order chi connectivity index (χ1) is 13.4. The van der Waals surface area contributed by atoms with Crippen LogP contribution in [0.4, 0.5) is 5.00 Å². The highest BCUT2D eigenvalue weighted by Gasteiger charge is 2.27. The molecule has 1 amide bonds. The fourth-order valence-electron chi connectivity index (χ4n) is 4.34. The Balaban J connectivity index is 1.43. The van der Waals surface area contributed by atoms with Crippen molar-refractivity contribution in [1.82, 2.24) is 9.80 Å². The number of likely N-dealkylation sites (tertiary alicyclic amines) is 1. The molecule has 2 aliphatic heterocycles. The molecule has 7 heteroatoms. The first-order valence-corrected chi connectivity index (χ1v) is 11.1. The van der Waals surface area contributed by atoms with E-state index in [9.17, 15) is 10.1 Å². The third kappa shape index (κ3) is 5.32. The molecule has 0 aliphatic carbocycles. The number of nitrogens with zero attached hydrogens (tertiary/aromatic N) is 3. The van der Waals surface area contributed by atoms with Gasteiger partial charge in [-0.2, -0.15) is 5.26 Å². The maximum Gasteiger partial charge on any atom is 0.239 e. The van der Waals surface area contributed by atoms with Crippen LogP contribution in [0.15, 0.2) is 0 Å². The van der Waals surface area contributed by atoms with E-state index in [1.807, 2.05) is 13.8 Å². The van der Waals surface area contributed by atoms with E-state index in [0.717, 1.165) is 56.0 Å². The molecule has 28 heavy (non-hydrogen) atoms. The Labute approximate surface area is 172 Å². The van der Waals surface area contributed by atoms with Gasteiger partial charge in [0, 0.05) is 24.5 Å². The smallest absolute Gasteiger partial charge is 0.239 e. The molecule has 2 saturated heterocycles. The van der Waals surface area contributed by atoms with Crippen molar-refractivity contribution in [2.24, 2.45) is 5.92 Å². The Kier molecular flexibility index (Phi) is 7.10. The van der Waals surface area contributed by atoms with E-state index in [0.29, 0.717) is 35.2 Å². The summed E-state index contributed by atoms with van der Waals surface area (Å²) in [7, 11) is 0. The van der Waals surface area contributed by atoms with E-state index >= 15 is 0 Å². The third-order valence-corrected chi connectivity index (χ3v) is 6.96. The fourth-order valence-corrected chi connectivity index (χ4v) is 5.37. The largest absolute Gasteiger partial charge is 0.373 e. The molecule has 0 bridgehead atoms. The van der Waals surface area contributed by atoms with E-state index in [4.69, 9.17) is 4.74 Å². The molecule has 0 spiro atoms. The fraction of sp³-hybridized carbons (Fsp3) is 0.714. The van der Waals surface area contributed by atoms with Crippen LogP contribution in [0.3, 0.4) is 0 Å². The molecule has 2 atom stereocenters. The highest BCUT2D eigenvalue weighted by atomic mass is 32.1. The summed E-state index contributed by atoms with van der Waals surface area (Å²) in [5.41, 5.74) is 1.57. The van der Waals surface area contributed by atoms with Crippen molar-refractivity contribution in [3.63, 3.8) is 0 Å². The number of amides is 1. The van der Waals surface area contributed by atoms with Gasteiger partial charge in [-0.15, -0.1) is 11.3 Å². The average Bonchev–Trinajstić information content (AvgIpc) is 2.88. The number of nitrogens with one attached hydrogen (secondary N) is 1. The molecule has 1 aromatic rings. The number of anilines is 1. The number of thiophene rings is 1. The predicted octanol–water partition coefficient (Wildman–Crippen LogP) is 3.00. The highest BCUT2D eigenvalue weighted by Crippen LogP contribution is 2.31. The van der Waals surface area contributed by atoms with Crippen molar-refractivity contribution in [3.8, 4) is 6.07 Å². The van der Waals surface area contributed by atoms with E-state index in [2.05, 4.69) is 35.0 Å². The van der Waals surface area contributed by atoms with Crippen molar-refractivity contribution in [3.05, 3.63) is 16.0 Å². The van der Waals surface area contributed by atoms with Crippen LogP contribution in [0, 0.1) is 31.1 Å². The van der Waals surface area contributed by atoms with Gasteiger partial charge in [-0.05, 0) is 65.1 Å². The Morgan fingerprint density at radius 2 is 1.86 bits per heavy atom. The lowest BCUT2D eigenvalue weighted by atomic mass is 9.95. The van der Waals surface area contributed by atoms with Gasteiger partial charge < -0.3 is 10.1 Å². The number of aryl methyl sites for hydroxylation is 1.